The average Bonchev–Trinajstić information content (AvgIpc) is 3.27. The Bertz CT molecular complexity index is 940. The van der Waals surface area contributed by atoms with Gasteiger partial charge < -0.3 is 10.2 Å². The van der Waals surface area contributed by atoms with E-state index in [0.29, 0.717) is 35.5 Å². The SMILES string of the molecule is O=C(Nc1nc(CC(=O)N2CCCC(C(=O)NC3CCCCC3)C2)cs1)c1ccccc1. The summed E-state index contributed by atoms with van der Waals surface area (Å²) in [5, 5.41) is 8.27. The largest absolute Gasteiger partial charge is 0.353 e. The molecule has 3 amide bonds. The second-order valence-corrected chi connectivity index (χ2v) is 9.52. The zero-order chi connectivity index (χ0) is 22.3. The van der Waals surface area contributed by atoms with Gasteiger partial charge in [-0.3, -0.25) is 19.7 Å². The number of nitrogens with zero attached hydrogens (tertiary/aromatic N) is 2. The highest BCUT2D eigenvalue weighted by Gasteiger charge is 2.30. The molecule has 1 aliphatic carbocycles. The van der Waals surface area contributed by atoms with Crippen molar-refractivity contribution in [1.82, 2.24) is 15.2 Å². The Morgan fingerprint density at radius 2 is 1.81 bits per heavy atom. The van der Waals surface area contributed by atoms with E-state index in [-0.39, 0.29) is 30.1 Å². The van der Waals surface area contributed by atoms with Crippen molar-refractivity contribution in [3.05, 3.63) is 47.0 Å². The maximum absolute atomic E-state index is 12.9. The normalized spacial score (nSPS) is 19.4. The molecule has 1 saturated carbocycles. The lowest BCUT2D eigenvalue weighted by atomic mass is 9.93. The molecule has 1 atom stereocenters. The fraction of sp³-hybridized carbons (Fsp3) is 0.500. The molecule has 0 radical (unpaired) electrons. The van der Waals surface area contributed by atoms with E-state index in [1.54, 1.807) is 22.4 Å². The van der Waals surface area contributed by atoms with Crippen molar-refractivity contribution in [2.24, 2.45) is 5.92 Å². The molecule has 1 aromatic carbocycles. The van der Waals surface area contributed by atoms with Crippen LogP contribution < -0.4 is 10.6 Å². The lowest BCUT2D eigenvalue weighted by Crippen LogP contribution is -2.48. The van der Waals surface area contributed by atoms with Gasteiger partial charge in [0.05, 0.1) is 18.0 Å². The van der Waals surface area contributed by atoms with E-state index in [1.165, 1.54) is 30.6 Å². The summed E-state index contributed by atoms with van der Waals surface area (Å²) < 4.78 is 0. The molecule has 1 saturated heterocycles. The summed E-state index contributed by atoms with van der Waals surface area (Å²) in [4.78, 5) is 44.0. The zero-order valence-electron chi connectivity index (χ0n) is 18.2. The molecule has 2 aliphatic rings. The minimum absolute atomic E-state index is 0.0218. The van der Waals surface area contributed by atoms with Crippen LogP contribution in [0.3, 0.4) is 0 Å². The molecule has 2 heterocycles. The summed E-state index contributed by atoms with van der Waals surface area (Å²) in [5.41, 5.74) is 1.20. The fourth-order valence-corrected chi connectivity index (χ4v) is 5.16. The van der Waals surface area contributed by atoms with Gasteiger partial charge in [-0.25, -0.2) is 4.98 Å². The number of hydrogen-bond donors (Lipinski definition) is 2. The van der Waals surface area contributed by atoms with Crippen molar-refractivity contribution in [1.29, 1.82) is 0 Å². The molecule has 8 heteroatoms. The molecule has 7 nitrogen and oxygen atoms in total. The number of piperidine rings is 1. The third-order valence-electron chi connectivity index (χ3n) is 6.24. The summed E-state index contributed by atoms with van der Waals surface area (Å²) in [6.45, 7) is 1.15. The summed E-state index contributed by atoms with van der Waals surface area (Å²) >= 11 is 1.31. The number of nitrogens with one attached hydrogen (secondary N) is 2. The number of amides is 3. The third kappa shape index (κ3) is 5.94. The van der Waals surface area contributed by atoms with E-state index < -0.39 is 0 Å². The van der Waals surface area contributed by atoms with Gasteiger partial charge in [-0.2, -0.15) is 0 Å². The van der Waals surface area contributed by atoms with Gasteiger partial charge in [0.25, 0.3) is 5.91 Å². The molecule has 1 unspecified atom stereocenters. The Morgan fingerprint density at radius 1 is 1.03 bits per heavy atom. The quantitative estimate of drug-likeness (QED) is 0.697. The number of carbonyl (C=O) groups is 3. The van der Waals surface area contributed by atoms with Crippen LogP contribution in [0.25, 0.3) is 0 Å². The summed E-state index contributed by atoms with van der Waals surface area (Å²) in [6.07, 6.45) is 7.59. The molecule has 2 aromatic rings. The molecule has 4 rings (SSSR count). The summed E-state index contributed by atoms with van der Waals surface area (Å²) in [5.74, 6) is -0.285. The van der Waals surface area contributed by atoms with Gasteiger partial charge in [-0.05, 0) is 37.8 Å². The van der Waals surface area contributed by atoms with Crippen LogP contribution in [-0.4, -0.2) is 46.7 Å². The van der Waals surface area contributed by atoms with Gasteiger partial charge in [0.1, 0.15) is 0 Å². The minimum Gasteiger partial charge on any atom is -0.353 e. The van der Waals surface area contributed by atoms with E-state index in [9.17, 15) is 14.4 Å². The van der Waals surface area contributed by atoms with E-state index in [0.717, 1.165) is 25.7 Å². The van der Waals surface area contributed by atoms with E-state index in [1.807, 2.05) is 18.2 Å². The topological polar surface area (TPSA) is 91.4 Å². The number of anilines is 1. The molecule has 32 heavy (non-hydrogen) atoms. The van der Waals surface area contributed by atoms with Gasteiger partial charge in [-0.1, -0.05) is 37.5 Å². The van der Waals surface area contributed by atoms with Crippen LogP contribution in [0.4, 0.5) is 5.13 Å². The van der Waals surface area contributed by atoms with Crippen molar-refractivity contribution in [3.8, 4) is 0 Å². The van der Waals surface area contributed by atoms with Crippen LogP contribution in [0.15, 0.2) is 35.7 Å². The highest BCUT2D eigenvalue weighted by Crippen LogP contribution is 2.22. The van der Waals surface area contributed by atoms with Crippen LogP contribution in [0.1, 0.15) is 61.0 Å². The first-order valence-corrected chi connectivity index (χ1v) is 12.4. The van der Waals surface area contributed by atoms with Crippen LogP contribution >= 0.6 is 11.3 Å². The monoisotopic (exact) mass is 454 g/mol. The minimum atomic E-state index is -0.222. The number of thiazole rings is 1. The van der Waals surface area contributed by atoms with E-state index in [2.05, 4.69) is 15.6 Å². The zero-order valence-corrected chi connectivity index (χ0v) is 19.0. The highest BCUT2D eigenvalue weighted by atomic mass is 32.1. The Morgan fingerprint density at radius 3 is 2.59 bits per heavy atom. The first kappa shape index (κ1) is 22.5. The predicted octanol–water partition coefficient (Wildman–Crippen LogP) is 3.63. The molecule has 170 valence electrons. The first-order chi connectivity index (χ1) is 15.6. The number of rotatable bonds is 6. The summed E-state index contributed by atoms with van der Waals surface area (Å²) in [7, 11) is 0. The van der Waals surface area contributed by atoms with Crippen LogP contribution in [0.2, 0.25) is 0 Å². The number of aromatic nitrogens is 1. The summed E-state index contributed by atoms with van der Waals surface area (Å²) in [6, 6.07) is 9.25. The van der Waals surface area contributed by atoms with Crippen molar-refractivity contribution < 1.29 is 14.4 Å². The van der Waals surface area contributed by atoms with Gasteiger partial charge in [-0.15, -0.1) is 11.3 Å². The number of likely N-dealkylation sites (tertiary alicyclic amines) is 1. The number of benzene rings is 1. The Labute approximate surface area is 192 Å². The Hall–Kier alpha value is -2.74. The van der Waals surface area contributed by atoms with Crippen molar-refractivity contribution >= 4 is 34.2 Å². The molecule has 2 N–H and O–H groups in total. The predicted molar refractivity (Wildman–Crippen MR) is 125 cm³/mol. The maximum Gasteiger partial charge on any atom is 0.257 e. The Kier molecular flexibility index (Phi) is 7.52. The van der Waals surface area contributed by atoms with E-state index >= 15 is 0 Å². The molecule has 1 aromatic heterocycles. The van der Waals surface area contributed by atoms with Crippen molar-refractivity contribution in [2.45, 2.75) is 57.4 Å². The number of carbonyl (C=O) groups excluding carboxylic acids is 3. The maximum atomic E-state index is 12.9. The fourth-order valence-electron chi connectivity index (χ4n) is 4.45. The third-order valence-corrected chi connectivity index (χ3v) is 7.04. The number of hydrogen-bond acceptors (Lipinski definition) is 5. The van der Waals surface area contributed by atoms with Gasteiger partial charge in [0, 0.05) is 30.1 Å². The smallest absolute Gasteiger partial charge is 0.257 e. The Balaban J connectivity index is 1.28. The molecule has 0 bridgehead atoms. The first-order valence-electron chi connectivity index (χ1n) is 11.5. The average molecular weight is 455 g/mol. The van der Waals surface area contributed by atoms with Gasteiger partial charge in [0.15, 0.2) is 5.13 Å². The lowest BCUT2D eigenvalue weighted by Gasteiger charge is -2.33. The van der Waals surface area contributed by atoms with Crippen LogP contribution in [0.5, 0.6) is 0 Å². The molecular formula is C24H30N4O3S. The van der Waals surface area contributed by atoms with Gasteiger partial charge >= 0.3 is 0 Å². The van der Waals surface area contributed by atoms with Gasteiger partial charge in [0.2, 0.25) is 11.8 Å². The molecule has 2 fully saturated rings. The highest BCUT2D eigenvalue weighted by molar-refractivity contribution is 7.14. The standard InChI is InChI=1S/C24H30N4O3S/c29-21(14-20-16-32-24(26-20)27-22(30)17-8-3-1-4-9-17)28-13-7-10-18(15-28)23(31)25-19-11-5-2-6-12-19/h1,3-4,8-9,16,18-19H,2,5-7,10-15H2,(H,25,31)(H,26,27,30). The molecule has 0 spiro atoms. The van der Waals surface area contributed by atoms with Crippen molar-refractivity contribution in [3.63, 3.8) is 0 Å². The second kappa shape index (κ2) is 10.7. The van der Waals surface area contributed by atoms with E-state index in [4.69, 9.17) is 0 Å². The molecule has 1 aliphatic heterocycles. The lowest BCUT2D eigenvalue weighted by molar-refractivity contribution is -0.135. The van der Waals surface area contributed by atoms with Crippen LogP contribution in [-0.2, 0) is 16.0 Å². The van der Waals surface area contributed by atoms with Crippen LogP contribution in [0, 0.1) is 5.92 Å². The molecular weight excluding hydrogens is 424 g/mol. The second-order valence-electron chi connectivity index (χ2n) is 8.66. The van der Waals surface area contributed by atoms with Crippen molar-refractivity contribution in [2.75, 3.05) is 18.4 Å².